The van der Waals surface area contributed by atoms with Gasteiger partial charge in [0, 0.05) is 7.11 Å². The van der Waals surface area contributed by atoms with Crippen LogP contribution in [0.5, 0.6) is 0 Å². The van der Waals surface area contributed by atoms with Crippen molar-refractivity contribution in [3.05, 3.63) is 0 Å². The molecule has 0 heterocycles. The van der Waals surface area contributed by atoms with Gasteiger partial charge in [0.05, 0.1) is 13.2 Å². The Morgan fingerprint density at radius 1 is 1.25 bits per heavy atom. The highest BCUT2D eigenvalue weighted by Crippen LogP contribution is 2.18. The molecular formula is C11H23BO4. The second kappa shape index (κ2) is 7.68. The minimum atomic E-state index is -0.999. The van der Waals surface area contributed by atoms with Crippen LogP contribution in [0.3, 0.4) is 0 Å². The molecule has 16 heavy (non-hydrogen) atoms. The topological polar surface area (TPSA) is 44.8 Å². The molecule has 5 heteroatoms. The van der Waals surface area contributed by atoms with Gasteiger partial charge >= 0.3 is 5.97 Å². The molecule has 94 valence electrons. The van der Waals surface area contributed by atoms with Crippen molar-refractivity contribution in [1.29, 1.82) is 0 Å². The second-order valence-electron chi connectivity index (χ2n) is 3.94. The third-order valence-electron chi connectivity index (χ3n) is 2.46. The van der Waals surface area contributed by atoms with Gasteiger partial charge in [-0.05, 0) is 13.8 Å². The van der Waals surface area contributed by atoms with E-state index in [1.54, 1.807) is 21.0 Å². The van der Waals surface area contributed by atoms with Crippen molar-refractivity contribution >= 4 is 12.9 Å². The van der Waals surface area contributed by atoms with E-state index < -0.39 is 5.60 Å². The van der Waals surface area contributed by atoms with Crippen LogP contribution in [0, 0.1) is 0 Å². The second-order valence-corrected chi connectivity index (χ2v) is 3.94. The van der Waals surface area contributed by atoms with Gasteiger partial charge in [-0.1, -0.05) is 26.5 Å². The summed E-state index contributed by atoms with van der Waals surface area (Å²) < 4.78 is 15.8. The van der Waals surface area contributed by atoms with Gasteiger partial charge in [0.1, 0.15) is 0 Å². The molecule has 0 bridgehead atoms. The van der Waals surface area contributed by atoms with Crippen molar-refractivity contribution in [1.82, 2.24) is 0 Å². The van der Waals surface area contributed by atoms with Crippen molar-refractivity contribution in [2.75, 3.05) is 20.3 Å². The molecule has 0 amide bonds. The van der Waals surface area contributed by atoms with Gasteiger partial charge in [0.2, 0.25) is 0 Å². The number of hydrogen-bond acceptors (Lipinski definition) is 4. The molecule has 0 aromatic heterocycles. The Hall–Kier alpha value is -0.545. The van der Waals surface area contributed by atoms with Crippen LogP contribution in [0.1, 0.15) is 27.7 Å². The number of carbonyl (C=O) groups excluding carboxylic acids is 1. The molecule has 1 unspecified atom stereocenters. The summed E-state index contributed by atoms with van der Waals surface area (Å²) in [6.45, 7) is 8.19. The van der Waals surface area contributed by atoms with Crippen LogP contribution in [-0.4, -0.2) is 38.8 Å². The monoisotopic (exact) mass is 230 g/mol. The highest BCUT2D eigenvalue weighted by molar-refractivity contribution is 6.51. The van der Waals surface area contributed by atoms with Crippen molar-refractivity contribution in [3.8, 4) is 0 Å². The van der Waals surface area contributed by atoms with E-state index in [4.69, 9.17) is 14.1 Å². The van der Waals surface area contributed by atoms with Crippen LogP contribution >= 0.6 is 0 Å². The fraction of sp³-hybridized carbons (Fsp3) is 0.909. The van der Waals surface area contributed by atoms with E-state index in [2.05, 4.69) is 0 Å². The van der Waals surface area contributed by atoms with Gasteiger partial charge in [-0.3, -0.25) is 0 Å². The van der Waals surface area contributed by atoms with Crippen LogP contribution in [0.4, 0.5) is 0 Å². The standard InChI is InChI=1S/C11H23BO4/c1-6-12(7-2)16-11(4,9-14-5)10(13)15-8-3/h6-9H2,1-5H3. The van der Waals surface area contributed by atoms with Crippen molar-refractivity contribution in [2.24, 2.45) is 0 Å². The zero-order valence-corrected chi connectivity index (χ0v) is 11.0. The number of ether oxygens (including phenoxy) is 2. The summed E-state index contributed by atoms with van der Waals surface area (Å²) in [6.07, 6.45) is 1.74. The Balaban J connectivity index is 4.59. The lowest BCUT2D eigenvalue weighted by Gasteiger charge is -2.30. The van der Waals surface area contributed by atoms with Crippen LogP contribution in [-0.2, 0) is 18.9 Å². The van der Waals surface area contributed by atoms with Crippen LogP contribution in [0.2, 0.25) is 12.6 Å². The zero-order valence-electron chi connectivity index (χ0n) is 11.0. The summed E-state index contributed by atoms with van der Waals surface area (Å²) in [5.41, 5.74) is -0.999. The summed E-state index contributed by atoms with van der Waals surface area (Å²) in [5.74, 6) is -0.358. The molecule has 0 spiro atoms. The maximum Gasteiger partial charge on any atom is 0.339 e. The zero-order chi connectivity index (χ0) is 12.6. The van der Waals surface area contributed by atoms with E-state index in [-0.39, 0.29) is 19.5 Å². The number of esters is 1. The summed E-state index contributed by atoms with van der Waals surface area (Å²) >= 11 is 0. The van der Waals surface area contributed by atoms with E-state index in [1.807, 2.05) is 13.8 Å². The van der Waals surface area contributed by atoms with E-state index >= 15 is 0 Å². The molecule has 1 atom stereocenters. The Morgan fingerprint density at radius 2 is 1.81 bits per heavy atom. The lowest BCUT2D eigenvalue weighted by Crippen LogP contribution is -2.47. The molecule has 4 nitrogen and oxygen atoms in total. The molecule has 0 aliphatic heterocycles. The van der Waals surface area contributed by atoms with Crippen molar-refractivity contribution < 1.29 is 18.9 Å². The van der Waals surface area contributed by atoms with E-state index in [9.17, 15) is 4.79 Å². The average Bonchev–Trinajstić information content (AvgIpc) is 2.26. The molecule has 0 saturated heterocycles. The Kier molecular flexibility index (Phi) is 7.42. The van der Waals surface area contributed by atoms with E-state index in [1.165, 1.54) is 0 Å². The van der Waals surface area contributed by atoms with Gasteiger partial charge in [0.15, 0.2) is 5.60 Å². The largest absolute Gasteiger partial charge is 0.464 e. The van der Waals surface area contributed by atoms with Crippen LogP contribution < -0.4 is 0 Å². The highest BCUT2D eigenvalue weighted by atomic mass is 16.6. The Bertz CT molecular complexity index is 206. The quantitative estimate of drug-likeness (QED) is 0.472. The number of rotatable bonds is 8. The van der Waals surface area contributed by atoms with Gasteiger partial charge in [-0.15, -0.1) is 0 Å². The first-order valence-corrected chi connectivity index (χ1v) is 5.88. The molecule has 0 aliphatic carbocycles. The maximum atomic E-state index is 11.8. The van der Waals surface area contributed by atoms with Gasteiger partial charge in [0.25, 0.3) is 6.92 Å². The summed E-state index contributed by atoms with van der Waals surface area (Å²) in [5, 5.41) is 0. The minimum Gasteiger partial charge on any atom is -0.464 e. The predicted molar refractivity (Wildman–Crippen MR) is 64.7 cm³/mol. The molecule has 0 N–H and O–H groups in total. The first-order valence-electron chi connectivity index (χ1n) is 5.88. The molecule has 0 radical (unpaired) electrons. The van der Waals surface area contributed by atoms with Crippen LogP contribution in [0.25, 0.3) is 0 Å². The normalized spacial score (nSPS) is 14.3. The summed E-state index contributed by atoms with van der Waals surface area (Å²) in [7, 11) is 1.55. The van der Waals surface area contributed by atoms with E-state index in [0.29, 0.717) is 6.61 Å². The van der Waals surface area contributed by atoms with E-state index in [0.717, 1.165) is 12.6 Å². The first kappa shape index (κ1) is 15.5. The lowest BCUT2D eigenvalue weighted by molar-refractivity contribution is -0.165. The molecule has 0 aromatic carbocycles. The third kappa shape index (κ3) is 4.53. The maximum absolute atomic E-state index is 11.8. The van der Waals surface area contributed by atoms with Gasteiger partial charge < -0.3 is 14.1 Å². The predicted octanol–water partition coefficient (Wildman–Crippen LogP) is 2.00. The van der Waals surface area contributed by atoms with Gasteiger partial charge in [-0.2, -0.15) is 0 Å². The summed E-state index contributed by atoms with van der Waals surface area (Å²) in [6, 6.07) is 0. The Morgan fingerprint density at radius 3 is 2.19 bits per heavy atom. The molecule has 0 saturated carbocycles. The fourth-order valence-electron chi connectivity index (χ4n) is 1.52. The molecule has 0 fully saturated rings. The minimum absolute atomic E-state index is 0.0598. The number of carbonyl (C=O) groups is 1. The fourth-order valence-corrected chi connectivity index (χ4v) is 1.52. The number of hydrogen-bond donors (Lipinski definition) is 0. The SMILES string of the molecule is CCOC(=O)C(C)(COC)OB(CC)CC. The lowest BCUT2D eigenvalue weighted by atomic mass is 9.62. The summed E-state index contributed by atoms with van der Waals surface area (Å²) in [4.78, 5) is 11.8. The smallest absolute Gasteiger partial charge is 0.339 e. The van der Waals surface area contributed by atoms with Gasteiger partial charge in [-0.25, -0.2) is 4.79 Å². The Labute approximate surface area is 98.7 Å². The average molecular weight is 230 g/mol. The molecule has 0 aliphatic rings. The first-order chi connectivity index (χ1) is 7.53. The molecule has 0 aromatic rings. The molecular weight excluding hydrogens is 207 g/mol. The molecule has 0 rings (SSSR count). The van der Waals surface area contributed by atoms with Crippen molar-refractivity contribution in [2.45, 2.75) is 45.9 Å². The third-order valence-corrected chi connectivity index (χ3v) is 2.46. The number of methoxy groups -OCH3 is 1. The van der Waals surface area contributed by atoms with Crippen LogP contribution in [0.15, 0.2) is 0 Å². The highest BCUT2D eigenvalue weighted by Gasteiger charge is 2.38. The van der Waals surface area contributed by atoms with Crippen molar-refractivity contribution in [3.63, 3.8) is 0 Å².